The first-order chi connectivity index (χ1) is 7.37. The highest BCUT2D eigenvalue weighted by Gasteiger charge is 2.50. The van der Waals surface area contributed by atoms with Crippen molar-refractivity contribution in [2.24, 2.45) is 11.0 Å². The van der Waals surface area contributed by atoms with Gasteiger partial charge in [-0.05, 0) is 37.1 Å². The third kappa shape index (κ3) is 2.64. The van der Waals surface area contributed by atoms with Gasteiger partial charge in [-0.25, -0.2) is 0 Å². The van der Waals surface area contributed by atoms with E-state index in [0.29, 0.717) is 12.5 Å². The molecule has 2 fully saturated rings. The van der Waals surface area contributed by atoms with Crippen LogP contribution < -0.4 is 0 Å². The van der Waals surface area contributed by atoms with E-state index in [0.717, 1.165) is 13.0 Å². The standard InChI is InChI=1S/C11H19N3O/c12-14-13-8-4-6-10-5-2-1-3-7-11(10)9-15-11/h10H,1-9H2/t10-,11-/m1/s1. The number of rotatable bonds is 4. The van der Waals surface area contributed by atoms with Gasteiger partial charge >= 0.3 is 0 Å². The van der Waals surface area contributed by atoms with Crippen molar-refractivity contribution >= 4 is 0 Å². The monoisotopic (exact) mass is 209 g/mol. The van der Waals surface area contributed by atoms with Crippen molar-refractivity contribution in [3.05, 3.63) is 10.4 Å². The lowest BCUT2D eigenvalue weighted by Crippen LogP contribution is -2.23. The lowest BCUT2D eigenvalue weighted by atomic mass is 9.85. The van der Waals surface area contributed by atoms with Crippen molar-refractivity contribution in [3.63, 3.8) is 0 Å². The molecule has 4 heteroatoms. The van der Waals surface area contributed by atoms with E-state index in [2.05, 4.69) is 10.0 Å². The molecule has 2 atom stereocenters. The van der Waals surface area contributed by atoms with Gasteiger partial charge in [0, 0.05) is 11.5 Å². The summed E-state index contributed by atoms with van der Waals surface area (Å²) in [6, 6.07) is 0. The van der Waals surface area contributed by atoms with Gasteiger partial charge in [0.15, 0.2) is 0 Å². The van der Waals surface area contributed by atoms with Gasteiger partial charge in [-0.3, -0.25) is 0 Å². The summed E-state index contributed by atoms with van der Waals surface area (Å²) in [6.45, 7) is 1.61. The second-order valence-corrected chi connectivity index (χ2v) is 4.75. The average Bonchev–Trinajstić information content (AvgIpc) is 3.04. The Kier molecular flexibility index (Phi) is 3.49. The lowest BCUT2D eigenvalue weighted by Gasteiger charge is -2.20. The Bertz CT molecular complexity index is 257. The molecule has 0 unspecified atom stereocenters. The fraction of sp³-hybridized carbons (Fsp3) is 1.00. The van der Waals surface area contributed by atoms with Crippen LogP contribution >= 0.6 is 0 Å². The van der Waals surface area contributed by atoms with Gasteiger partial charge in [0.05, 0.1) is 12.2 Å². The molecule has 0 amide bonds. The second-order valence-electron chi connectivity index (χ2n) is 4.75. The summed E-state index contributed by atoms with van der Waals surface area (Å²) in [7, 11) is 0. The SMILES string of the molecule is [N-]=[N+]=NCCC[C@H]1CCCCC[C@@]12CO2. The van der Waals surface area contributed by atoms with Crippen molar-refractivity contribution in [3.8, 4) is 0 Å². The normalized spacial score (nSPS) is 34.5. The molecule has 0 radical (unpaired) electrons. The molecule has 1 saturated carbocycles. The summed E-state index contributed by atoms with van der Waals surface area (Å²) in [6.07, 6.45) is 8.76. The largest absolute Gasteiger partial charge is 0.369 e. The van der Waals surface area contributed by atoms with Gasteiger partial charge in [-0.2, -0.15) is 0 Å². The van der Waals surface area contributed by atoms with Crippen LogP contribution in [-0.2, 0) is 4.74 Å². The van der Waals surface area contributed by atoms with Crippen LogP contribution in [-0.4, -0.2) is 18.8 Å². The fourth-order valence-electron chi connectivity index (χ4n) is 2.79. The molecule has 0 aromatic heterocycles. The predicted molar refractivity (Wildman–Crippen MR) is 58.5 cm³/mol. The molecule has 4 nitrogen and oxygen atoms in total. The van der Waals surface area contributed by atoms with E-state index in [4.69, 9.17) is 10.3 Å². The van der Waals surface area contributed by atoms with Crippen molar-refractivity contribution in [1.29, 1.82) is 0 Å². The number of hydrogen-bond donors (Lipinski definition) is 0. The Morgan fingerprint density at radius 2 is 2.27 bits per heavy atom. The topological polar surface area (TPSA) is 61.3 Å². The van der Waals surface area contributed by atoms with Gasteiger partial charge in [0.2, 0.25) is 0 Å². The summed E-state index contributed by atoms with van der Waals surface area (Å²) in [4.78, 5) is 2.78. The van der Waals surface area contributed by atoms with E-state index in [9.17, 15) is 0 Å². The molecule has 15 heavy (non-hydrogen) atoms. The van der Waals surface area contributed by atoms with Crippen LogP contribution in [0.3, 0.4) is 0 Å². The summed E-state index contributed by atoms with van der Waals surface area (Å²) in [5, 5.41) is 3.59. The maximum Gasteiger partial charge on any atom is 0.0944 e. The number of hydrogen-bond acceptors (Lipinski definition) is 2. The van der Waals surface area contributed by atoms with Crippen LogP contribution in [0.1, 0.15) is 44.9 Å². The average molecular weight is 209 g/mol. The molecule has 1 heterocycles. The third-order valence-corrected chi connectivity index (χ3v) is 3.79. The van der Waals surface area contributed by atoms with Crippen LogP contribution in [0.25, 0.3) is 10.4 Å². The van der Waals surface area contributed by atoms with Crippen molar-refractivity contribution in [2.45, 2.75) is 50.5 Å². The molecule has 0 N–H and O–H groups in total. The summed E-state index contributed by atoms with van der Waals surface area (Å²) in [5.41, 5.74) is 8.44. The maximum absolute atomic E-state index is 8.20. The number of ether oxygens (including phenoxy) is 1. The summed E-state index contributed by atoms with van der Waals surface area (Å²) < 4.78 is 5.68. The molecule has 0 bridgehead atoms. The van der Waals surface area contributed by atoms with Crippen LogP contribution in [0.2, 0.25) is 0 Å². The smallest absolute Gasteiger partial charge is 0.0944 e. The van der Waals surface area contributed by atoms with Gasteiger partial charge in [-0.1, -0.05) is 24.4 Å². The van der Waals surface area contributed by atoms with Gasteiger partial charge in [0.1, 0.15) is 0 Å². The fourth-order valence-corrected chi connectivity index (χ4v) is 2.79. The molecule has 1 aliphatic carbocycles. The Hall–Kier alpha value is -0.730. The van der Waals surface area contributed by atoms with Crippen molar-refractivity contribution in [1.82, 2.24) is 0 Å². The van der Waals surface area contributed by atoms with Crippen molar-refractivity contribution < 1.29 is 4.74 Å². The van der Waals surface area contributed by atoms with E-state index in [1.54, 1.807) is 0 Å². The Labute approximate surface area is 90.6 Å². The molecule has 1 aliphatic heterocycles. The van der Waals surface area contributed by atoms with Crippen molar-refractivity contribution in [2.75, 3.05) is 13.2 Å². The zero-order valence-electron chi connectivity index (χ0n) is 9.19. The third-order valence-electron chi connectivity index (χ3n) is 3.79. The minimum atomic E-state index is 0.243. The van der Waals surface area contributed by atoms with Crippen LogP contribution in [0.15, 0.2) is 5.11 Å². The van der Waals surface area contributed by atoms with Gasteiger partial charge in [0.25, 0.3) is 0 Å². The Morgan fingerprint density at radius 3 is 3.00 bits per heavy atom. The minimum absolute atomic E-state index is 0.243. The molecule has 2 aliphatic rings. The zero-order valence-corrected chi connectivity index (χ0v) is 9.19. The highest BCUT2D eigenvalue weighted by atomic mass is 16.6. The quantitative estimate of drug-likeness (QED) is 0.230. The first-order valence-corrected chi connectivity index (χ1v) is 6.02. The van der Waals surface area contributed by atoms with Crippen LogP contribution in [0.4, 0.5) is 0 Å². The number of epoxide rings is 1. The summed E-state index contributed by atoms with van der Waals surface area (Å²) >= 11 is 0. The second kappa shape index (κ2) is 4.86. The van der Waals surface area contributed by atoms with Gasteiger partial charge < -0.3 is 4.74 Å². The summed E-state index contributed by atoms with van der Waals surface area (Å²) in [5.74, 6) is 0.717. The minimum Gasteiger partial charge on any atom is -0.369 e. The predicted octanol–water partition coefficient (Wildman–Crippen LogP) is 3.43. The lowest BCUT2D eigenvalue weighted by molar-refractivity contribution is 0.193. The van der Waals surface area contributed by atoms with E-state index in [-0.39, 0.29) is 5.60 Å². The first-order valence-electron chi connectivity index (χ1n) is 6.02. The van der Waals surface area contributed by atoms with Crippen LogP contribution in [0.5, 0.6) is 0 Å². The Morgan fingerprint density at radius 1 is 1.40 bits per heavy atom. The molecule has 0 aromatic rings. The highest BCUT2D eigenvalue weighted by Crippen LogP contribution is 2.46. The van der Waals surface area contributed by atoms with Crippen LogP contribution in [0, 0.1) is 5.92 Å². The number of azide groups is 1. The maximum atomic E-state index is 8.20. The molecular weight excluding hydrogens is 190 g/mol. The highest BCUT2D eigenvalue weighted by molar-refractivity contribution is 4.99. The first kappa shape index (κ1) is 10.8. The molecule has 1 spiro atoms. The molecular formula is C11H19N3O. The van der Waals surface area contributed by atoms with E-state index < -0.39 is 0 Å². The molecule has 0 aromatic carbocycles. The molecule has 1 saturated heterocycles. The van der Waals surface area contributed by atoms with E-state index >= 15 is 0 Å². The van der Waals surface area contributed by atoms with E-state index in [1.165, 1.54) is 38.5 Å². The molecule has 2 rings (SSSR count). The zero-order chi connectivity index (χ0) is 10.6. The van der Waals surface area contributed by atoms with E-state index in [1.807, 2.05) is 0 Å². The Balaban J connectivity index is 1.80. The molecule has 84 valence electrons. The number of nitrogens with zero attached hydrogens (tertiary/aromatic N) is 3. The van der Waals surface area contributed by atoms with Gasteiger partial charge in [-0.15, -0.1) is 0 Å².